The highest BCUT2D eigenvalue weighted by Crippen LogP contribution is 2.29. The Balaban J connectivity index is 2.90. The van der Waals surface area contributed by atoms with Crippen LogP contribution < -0.4 is 11.1 Å². The third-order valence-electron chi connectivity index (χ3n) is 2.67. The summed E-state index contributed by atoms with van der Waals surface area (Å²) in [4.78, 5) is 26.4. The van der Waals surface area contributed by atoms with Crippen LogP contribution in [-0.4, -0.2) is 25.1 Å². The molecular formula is C10H15N3O2. The summed E-state index contributed by atoms with van der Waals surface area (Å²) in [5.74, 6) is -0.651. The Morgan fingerprint density at radius 3 is 2.67 bits per heavy atom. The van der Waals surface area contributed by atoms with Gasteiger partial charge in [-0.3, -0.25) is 14.6 Å². The molecule has 0 bridgehead atoms. The third kappa shape index (κ3) is 2.06. The average Bonchev–Trinajstić information content (AvgIpc) is 2.27. The molecule has 0 aromatic heterocycles. The van der Waals surface area contributed by atoms with Gasteiger partial charge in [-0.1, -0.05) is 13.0 Å². The second-order valence-electron chi connectivity index (χ2n) is 3.50. The van der Waals surface area contributed by atoms with E-state index in [2.05, 4.69) is 10.3 Å². The molecule has 82 valence electrons. The Kier molecular flexibility index (Phi) is 3.24. The molecule has 1 unspecified atom stereocenters. The molecule has 0 saturated heterocycles. The van der Waals surface area contributed by atoms with E-state index in [-0.39, 0.29) is 11.6 Å². The van der Waals surface area contributed by atoms with E-state index in [9.17, 15) is 9.59 Å². The molecule has 1 aliphatic rings. The molecule has 0 aliphatic carbocycles. The number of hydrogen-bond donors (Lipinski definition) is 2. The Morgan fingerprint density at radius 2 is 2.33 bits per heavy atom. The Morgan fingerprint density at radius 1 is 1.67 bits per heavy atom. The molecule has 1 aliphatic heterocycles. The minimum Gasteiger partial charge on any atom is -0.364 e. The zero-order valence-electron chi connectivity index (χ0n) is 8.91. The van der Waals surface area contributed by atoms with E-state index in [1.165, 1.54) is 6.21 Å². The normalized spacial score (nSPS) is 24.5. The van der Waals surface area contributed by atoms with E-state index in [1.807, 2.05) is 6.92 Å². The van der Waals surface area contributed by atoms with Crippen LogP contribution in [0.5, 0.6) is 0 Å². The van der Waals surface area contributed by atoms with Crippen molar-refractivity contribution < 1.29 is 9.59 Å². The van der Waals surface area contributed by atoms with Gasteiger partial charge in [0, 0.05) is 13.3 Å². The minimum atomic E-state index is -0.631. The van der Waals surface area contributed by atoms with Crippen LogP contribution >= 0.6 is 0 Å². The number of carbonyl (C=O) groups excluding carboxylic acids is 2. The molecule has 0 spiro atoms. The van der Waals surface area contributed by atoms with Crippen molar-refractivity contribution in [1.29, 1.82) is 0 Å². The van der Waals surface area contributed by atoms with Crippen LogP contribution in [0.1, 0.15) is 19.8 Å². The fourth-order valence-electron chi connectivity index (χ4n) is 1.54. The fraction of sp³-hybridized carbons (Fsp3) is 0.500. The van der Waals surface area contributed by atoms with Crippen LogP contribution in [0, 0.1) is 5.41 Å². The maximum Gasteiger partial charge on any atom is 0.266 e. The van der Waals surface area contributed by atoms with Crippen LogP contribution in [0.15, 0.2) is 16.8 Å². The summed E-state index contributed by atoms with van der Waals surface area (Å²) in [7, 11) is 1.58. The van der Waals surface area contributed by atoms with Crippen LogP contribution in [0.4, 0.5) is 0 Å². The zero-order valence-corrected chi connectivity index (χ0v) is 8.91. The van der Waals surface area contributed by atoms with Crippen molar-refractivity contribution in [3.63, 3.8) is 0 Å². The smallest absolute Gasteiger partial charge is 0.266 e. The highest BCUT2D eigenvalue weighted by atomic mass is 16.2. The molecule has 3 N–H and O–H groups in total. The van der Waals surface area contributed by atoms with Gasteiger partial charge in [0.05, 0.1) is 5.41 Å². The van der Waals surface area contributed by atoms with E-state index in [4.69, 9.17) is 5.73 Å². The first-order chi connectivity index (χ1) is 7.05. The SMILES string of the molecule is CCC1(C(=O)NC)C=NC(C(N)=O)=CC1. The first kappa shape index (κ1) is 11.4. The van der Waals surface area contributed by atoms with Gasteiger partial charge in [-0.05, 0) is 12.8 Å². The number of allylic oxidation sites excluding steroid dienone is 1. The Bertz CT molecular complexity index is 347. The van der Waals surface area contributed by atoms with Gasteiger partial charge in [0.1, 0.15) is 5.70 Å². The van der Waals surface area contributed by atoms with Crippen LogP contribution in [0.2, 0.25) is 0 Å². The molecular weight excluding hydrogens is 194 g/mol. The van der Waals surface area contributed by atoms with Gasteiger partial charge in [-0.15, -0.1) is 0 Å². The molecule has 1 rings (SSSR count). The maximum absolute atomic E-state index is 11.6. The van der Waals surface area contributed by atoms with E-state index in [1.54, 1.807) is 13.1 Å². The van der Waals surface area contributed by atoms with E-state index >= 15 is 0 Å². The van der Waals surface area contributed by atoms with Crippen molar-refractivity contribution in [2.75, 3.05) is 7.05 Å². The van der Waals surface area contributed by atoms with Gasteiger partial charge in [0.25, 0.3) is 5.91 Å². The number of nitrogens with two attached hydrogens (primary N) is 1. The highest BCUT2D eigenvalue weighted by molar-refractivity contribution is 6.02. The molecule has 0 saturated carbocycles. The summed E-state index contributed by atoms with van der Waals surface area (Å²) >= 11 is 0. The van der Waals surface area contributed by atoms with Gasteiger partial charge in [0.15, 0.2) is 0 Å². The standard InChI is InChI=1S/C10H15N3O2/c1-3-10(9(15)12-2)5-4-7(8(11)14)13-6-10/h4,6H,3,5H2,1-2H3,(H2,11,14)(H,12,15). The van der Waals surface area contributed by atoms with E-state index in [0.717, 1.165) is 0 Å². The maximum atomic E-state index is 11.6. The molecule has 1 atom stereocenters. The summed E-state index contributed by atoms with van der Waals surface area (Å²) in [5, 5.41) is 2.59. The minimum absolute atomic E-state index is 0.0893. The van der Waals surface area contributed by atoms with Crippen molar-refractivity contribution in [1.82, 2.24) is 5.32 Å². The molecule has 0 aromatic carbocycles. The fourth-order valence-corrected chi connectivity index (χ4v) is 1.54. The van der Waals surface area contributed by atoms with Crippen molar-refractivity contribution in [3.05, 3.63) is 11.8 Å². The van der Waals surface area contributed by atoms with Crippen LogP contribution in [0.3, 0.4) is 0 Å². The Labute approximate surface area is 88.4 Å². The molecule has 0 aromatic rings. The first-order valence-corrected chi connectivity index (χ1v) is 4.83. The first-order valence-electron chi connectivity index (χ1n) is 4.83. The summed E-state index contributed by atoms with van der Waals surface area (Å²) in [6.07, 6.45) is 4.23. The average molecular weight is 209 g/mol. The van der Waals surface area contributed by atoms with Crippen molar-refractivity contribution in [2.45, 2.75) is 19.8 Å². The molecule has 0 radical (unpaired) electrons. The molecule has 1 heterocycles. The number of nitrogens with one attached hydrogen (secondary N) is 1. The van der Waals surface area contributed by atoms with Crippen LogP contribution in [0.25, 0.3) is 0 Å². The third-order valence-corrected chi connectivity index (χ3v) is 2.67. The predicted molar refractivity (Wildman–Crippen MR) is 57.2 cm³/mol. The largest absolute Gasteiger partial charge is 0.364 e. The molecule has 0 fully saturated rings. The molecule has 2 amide bonds. The number of rotatable bonds is 3. The number of primary amides is 1. The lowest BCUT2D eigenvalue weighted by Crippen LogP contribution is -2.41. The summed E-state index contributed by atoms with van der Waals surface area (Å²) in [5.41, 5.74) is 4.68. The number of nitrogens with zero attached hydrogens (tertiary/aromatic N) is 1. The Hall–Kier alpha value is -1.65. The molecule has 5 heteroatoms. The number of carbonyl (C=O) groups is 2. The second-order valence-corrected chi connectivity index (χ2v) is 3.50. The number of hydrogen-bond acceptors (Lipinski definition) is 3. The quantitative estimate of drug-likeness (QED) is 0.684. The second kappa shape index (κ2) is 4.25. The van der Waals surface area contributed by atoms with Gasteiger partial charge < -0.3 is 11.1 Å². The van der Waals surface area contributed by atoms with E-state index < -0.39 is 11.3 Å². The van der Waals surface area contributed by atoms with Crippen LogP contribution in [-0.2, 0) is 9.59 Å². The van der Waals surface area contributed by atoms with Crippen molar-refractivity contribution in [2.24, 2.45) is 16.1 Å². The summed E-state index contributed by atoms with van der Waals surface area (Å²) in [6.45, 7) is 1.91. The van der Waals surface area contributed by atoms with Gasteiger partial charge in [-0.25, -0.2) is 0 Å². The van der Waals surface area contributed by atoms with E-state index in [0.29, 0.717) is 12.8 Å². The monoisotopic (exact) mass is 209 g/mol. The highest BCUT2D eigenvalue weighted by Gasteiger charge is 2.35. The zero-order chi connectivity index (χ0) is 11.5. The van der Waals surface area contributed by atoms with Crippen molar-refractivity contribution in [3.8, 4) is 0 Å². The lowest BCUT2D eigenvalue weighted by Gasteiger charge is -2.27. The topological polar surface area (TPSA) is 84.6 Å². The summed E-state index contributed by atoms with van der Waals surface area (Å²) in [6, 6.07) is 0. The number of aliphatic imine (C=N–C) groups is 1. The lowest BCUT2D eigenvalue weighted by atomic mass is 9.80. The molecule has 15 heavy (non-hydrogen) atoms. The lowest BCUT2D eigenvalue weighted by molar-refractivity contribution is -0.127. The molecule has 5 nitrogen and oxygen atoms in total. The van der Waals surface area contributed by atoms with Gasteiger partial charge in [-0.2, -0.15) is 0 Å². The number of amides is 2. The van der Waals surface area contributed by atoms with Gasteiger partial charge in [0.2, 0.25) is 5.91 Å². The summed E-state index contributed by atoms with van der Waals surface area (Å²) < 4.78 is 0. The van der Waals surface area contributed by atoms with Gasteiger partial charge >= 0.3 is 0 Å². The predicted octanol–water partition coefficient (Wildman–Crippen LogP) is -0.0275. The van der Waals surface area contributed by atoms with Crippen molar-refractivity contribution >= 4 is 18.0 Å².